The van der Waals surface area contributed by atoms with Gasteiger partial charge in [-0.2, -0.15) is 0 Å². The topological polar surface area (TPSA) is 51.2 Å². The van der Waals surface area contributed by atoms with Crippen molar-refractivity contribution in [3.05, 3.63) is 77.6 Å². The molecule has 0 saturated carbocycles. The van der Waals surface area contributed by atoms with Crippen LogP contribution < -0.4 is 10.1 Å². The summed E-state index contributed by atoms with van der Waals surface area (Å²) >= 11 is 0. The molecule has 0 aliphatic carbocycles. The number of nitrogens with zero attached hydrogens (tertiary/aromatic N) is 1. The highest BCUT2D eigenvalue weighted by Crippen LogP contribution is 2.28. The van der Waals surface area contributed by atoms with Gasteiger partial charge in [0.1, 0.15) is 5.75 Å². The van der Waals surface area contributed by atoms with Crippen LogP contribution >= 0.6 is 0 Å². The number of pyridine rings is 1. The predicted octanol–water partition coefficient (Wildman–Crippen LogP) is 5.74. The van der Waals surface area contributed by atoms with Crippen molar-refractivity contribution in [3.63, 3.8) is 0 Å². The van der Waals surface area contributed by atoms with Gasteiger partial charge in [-0.3, -0.25) is 9.78 Å². The molecule has 1 atom stereocenters. The first-order valence-electron chi connectivity index (χ1n) is 11.1. The van der Waals surface area contributed by atoms with Crippen molar-refractivity contribution < 1.29 is 9.53 Å². The second-order valence-corrected chi connectivity index (χ2v) is 7.97. The Kier molecular flexibility index (Phi) is 8.22. The van der Waals surface area contributed by atoms with Gasteiger partial charge in [0, 0.05) is 24.5 Å². The fourth-order valence-electron chi connectivity index (χ4n) is 3.89. The molecule has 0 bridgehead atoms. The van der Waals surface area contributed by atoms with E-state index in [1.165, 1.54) is 16.5 Å². The lowest BCUT2D eigenvalue weighted by Crippen LogP contribution is -2.31. The number of benzene rings is 2. The highest BCUT2D eigenvalue weighted by molar-refractivity contribution is 5.94. The van der Waals surface area contributed by atoms with Crippen molar-refractivity contribution >= 4 is 22.8 Å². The van der Waals surface area contributed by atoms with Crippen LogP contribution in [0.3, 0.4) is 0 Å². The molecule has 0 spiro atoms. The van der Waals surface area contributed by atoms with Gasteiger partial charge in [-0.05, 0) is 84.3 Å². The molecule has 1 heterocycles. The predicted molar refractivity (Wildman–Crippen MR) is 128 cm³/mol. The Balaban J connectivity index is 1.61. The van der Waals surface area contributed by atoms with Gasteiger partial charge in [-0.1, -0.05) is 37.6 Å². The molecule has 0 aliphatic heterocycles. The van der Waals surface area contributed by atoms with Crippen LogP contribution in [-0.4, -0.2) is 24.0 Å². The first-order valence-corrected chi connectivity index (χ1v) is 11.1. The minimum absolute atomic E-state index is 0.0499. The zero-order chi connectivity index (χ0) is 22.1. The third-order valence-electron chi connectivity index (χ3n) is 5.50. The molecule has 1 aromatic heterocycles. The molecule has 162 valence electrons. The number of nitrogens with one attached hydrogen (secondary N) is 1. The second kappa shape index (κ2) is 11.3. The first-order chi connectivity index (χ1) is 15.1. The van der Waals surface area contributed by atoms with Gasteiger partial charge in [-0.15, -0.1) is 0 Å². The number of carbonyl (C=O) groups excluding carboxylic acids is 1. The minimum Gasteiger partial charge on any atom is -0.497 e. The lowest BCUT2D eigenvalue weighted by molar-refractivity contribution is -0.117. The normalized spacial score (nSPS) is 12.2. The maximum Gasteiger partial charge on any atom is 0.244 e. The fourth-order valence-corrected chi connectivity index (χ4v) is 3.89. The van der Waals surface area contributed by atoms with Crippen LogP contribution in [0.4, 0.5) is 0 Å². The summed E-state index contributed by atoms with van der Waals surface area (Å²) in [6, 6.07) is 14.5. The van der Waals surface area contributed by atoms with Gasteiger partial charge < -0.3 is 10.1 Å². The van der Waals surface area contributed by atoms with Crippen LogP contribution in [0.25, 0.3) is 16.8 Å². The molecule has 0 aliphatic rings. The lowest BCUT2D eigenvalue weighted by Gasteiger charge is -2.13. The van der Waals surface area contributed by atoms with Crippen LogP contribution in [0, 0.1) is 0 Å². The molecule has 1 amide bonds. The van der Waals surface area contributed by atoms with E-state index in [1.54, 1.807) is 19.4 Å². The Bertz CT molecular complexity index is 1030. The van der Waals surface area contributed by atoms with Gasteiger partial charge in [0.2, 0.25) is 5.91 Å². The number of methoxy groups -OCH3 is 1. The number of aryl methyl sites for hydroxylation is 2. The second-order valence-electron chi connectivity index (χ2n) is 7.97. The molecule has 0 unspecified atom stereocenters. The Hall–Kier alpha value is -3.14. The maximum absolute atomic E-state index is 12.5. The standard InChI is InChI=1S/C27H32N2O2/c1-4-7-25-22(11-12-23-18-24(31-3)14-15-26(23)25)13-16-27(30)29-20(2)8-5-9-21-10-6-17-28-19-21/h6,10-20H,4-5,7-9H2,1-3H3,(H,29,30)/t20-/m1/s1. The number of rotatable bonds is 10. The van der Waals surface area contributed by atoms with Crippen LogP contribution in [0.15, 0.2) is 60.9 Å². The monoisotopic (exact) mass is 416 g/mol. The van der Waals surface area contributed by atoms with E-state index in [9.17, 15) is 4.79 Å². The van der Waals surface area contributed by atoms with E-state index >= 15 is 0 Å². The van der Waals surface area contributed by atoms with E-state index in [4.69, 9.17) is 4.74 Å². The number of hydrogen-bond acceptors (Lipinski definition) is 3. The third kappa shape index (κ3) is 6.42. The van der Waals surface area contributed by atoms with Gasteiger partial charge in [0.05, 0.1) is 7.11 Å². The number of hydrogen-bond donors (Lipinski definition) is 1. The molecule has 0 radical (unpaired) electrons. The van der Waals surface area contributed by atoms with Crippen molar-refractivity contribution in [1.29, 1.82) is 0 Å². The smallest absolute Gasteiger partial charge is 0.244 e. The van der Waals surface area contributed by atoms with E-state index in [0.717, 1.165) is 48.8 Å². The summed E-state index contributed by atoms with van der Waals surface area (Å²) in [5, 5.41) is 5.46. The lowest BCUT2D eigenvalue weighted by atomic mass is 9.95. The third-order valence-corrected chi connectivity index (χ3v) is 5.50. The van der Waals surface area contributed by atoms with E-state index in [2.05, 4.69) is 54.5 Å². The Morgan fingerprint density at radius 2 is 2.06 bits per heavy atom. The van der Waals surface area contributed by atoms with Crippen molar-refractivity contribution in [1.82, 2.24) is 10.3 Å². The van der Waals surface area contributed by atoms with E-state index in [-0.39, 0.29) is 11.9 Å². The van der Waals surface area contributed by atoms with Crippen molar-refractivity contribution in [2.24, 2.45) is 0 Å². The molecule has 3 rings (SSSR count). The van der Waals surface area contributed by atoms with Crippen molar-refractivity contribution in [3.8, 4) is 5.75 Å². The molecular formula is C27H32N2O2. The van der Waals surface area contributed by atoms with Crippen LogP contribution in [-0.2, 0) is 17.6 Å². The summed E-state index contributed by atoms with van der Waals surface area (Å²) < 4.78 is 5.35. The highest BCUT2D eigenvalue weighted by atomic mass is 16.5. The number of carbonyl (C=O) groups is 1. The summed E-state index contributed by atoms with van der Waals surface area (Å²) in [5.74, 6) is 0.807. The fraction of sp³-hybridized carbons (Fsp3) is 0.333. The Labute approximate surface area is 185 Å². The van der Waals surface area contributed by atoms with E-state index < -0.39 is 0 Å². The van der Waals surface area contributed by atoms with Gasteiger partial charge in [0.25, 0.3) is 0 Å². The molecule has 4 nitrogen and oxygen atoms in total. The van der Waals surface area contributed by atoms with Crippen LogP contribution in [0.2, 0.25) is 0 Å². The van der Waals surface area contributed by atoms with Gasteiger partial charge in [-0.25, -0.2) is 0 Å². The average Bonchev–Trinajstić information content (AvgIpc) is 2.79. The van der Waals surface area contributed by atoms with Crippen molar-refractivity contribution in [2.45, 2.75) is 52.0 Å². The number of aromatic nitrogens is 1. The van der Waals surface area contributed by atoms with Gasteiger partial charge >= 0.3 is 0 Å². The molecule has 0 saturated heterocycles. The molecule has 0 fully saturated rings. The van der Waals surface area contributed by atoms with Crippen LogP contribution in [0.1, 0.15) is 49.8 Å². The number of ether oxygens (including phenoxy) is 1. The van der Waals surface area contributed by atoms with Crippen molar-refractivity contribution in [2.75, 3.05) is 7.11 Å². The molecule has 3 aromatic rings. The molecule has 1 N–H and O–H groups in total. The summed E-state index contributed by atoms with van der Waals surface area (Å²) in [7, 11) is 1.68. The minimum atomic E-state index is -0.0499. The molecule has 31 heavy (non-hydrogen) atoms. The zero-order valence-electron chi connectivity index (χ0n) is 18.7. The Morgan fingerprint density at radius 1 is 1.19 bits per heavy atom. The quantitative estimate of drug-likeness (QED) is 0.429. The summed E-state index contributed by atoms with van der Waals surface area (Å²) in [6.45, 7) is 4.23. The SMILES string of the molecule is CCCc1c(C=CC(=O)N[C@H](C)CCCc2cccnc2)ccc2cc(OC)ccc12. The number of amides is 1. The average molecular weight is 417 g/mol. The molecule has 4 heteroatoms. The first kappa shape index (κ1) is 22.5. The zero-order valence-corrected chi connectivity index (χ0v) is 18.7. The molecule has 2 aromatic carbocycles. The molecular weight excluding hydrogens is 384 g/mol. The number of fused-ring (bicyclic) bond motifs is 1. The largest absolute Gasteiger partial charge is 0.497 e. The van der Waals surface area contributed by atoms with E-state index in [1.807, 2.05) is 24.4 Å². The maximum atomic E-state index is 12.5. The Morgan fingerprint density at radius 3 is 2.81 bits per heavy atom. The van der Waals surface area contributed by atoms with E-state index in [0.29, 0.717) is 0 Å². The summed E-state index contributed by atoms with van der Waals surface area (Å²) in [5.41, 5.74) is 3.61. The summed E-state index contributed by atoms with van der Waals surface area (Å²) in [4.78, 5) is 16.6. The highest BCUT2D eigenvalue weighted by Gasteiger charge is 2.08. The summed E-state index contributed by atoms with van der Waals surface area (Å²) in [6.07, 6.45) is 12.2. The van der Waals surface area contributed by atoms with Crippen LogP contribution in [0.5, 0.6) is 5.75 Å². The van der Waals surface area contributed by atoms with Gasteiger partial charge in [0.15, 0.2) is 0 Å².